The van der Waals surface area contributed by atoms with Crippen molar-refractivity contribution in [2.75, 3.05) is 20.8 Å². The lowest BCUT2D eigenvalue weighted by Crippen LogP contribution is -2.30. The van der Waals surface area contributed by atoms with E-state index in [4.69, 9.17) is 9.47 Å². The van der Waals surface area contributed by atoms with Gasteiger partial charge in [-0.1, -0.05) is 38.0 Å². The van der Waals surface area contributed by atoms with Crippen molar-refractivity contribution in [2.24, 2.45) is 0 Å². The van der Waals surface area contributed by atoms with Crippen LogP contribution < -0.4 is 9.47 Å². The molecule has 31 heavy (non-hydrogen) atoms. The number of aliphatic hydroxyl groups excluding tert-OH is 1. The van der Waals surface area contributed by atoms with Crippen LogP contribution in [0.4, 0.5) is 0 Å². The molecule has 3 rings (SSSR count). The van der Waals surface area contributed by atoms with Gasteiger partial charge in [0.15, 0.2) is 0 Å². The Morgan fingerprint density at radius 2 is 1.68 bits per heavy atom. The predicted molar refractivity (Wildman–Crippen MR) is 116 cm³/mol. The molecule has 0 radical (unpaired) electrons. The third kappa shape index (κ3) is 4.21. The molecule has 2 aromatic rings. The summed E-state index contributed by atoms with van der Waals surface area (Å²) >= 11 is 0. The maximum absolute atomic E-state index is 13.1. The van der Waals surface area contributed by atoms with Crippen molar-refractivity contribution in [2.45, 2.75) is 32.2 Å². The van der Waals surface area contributed by atoms with E-state index in [0.29, 0.717) is 23.6 Å². The van der Waals surface area contributed by atoms with E-state index in [1.165, 1.54) is 31.3 Å². The summed E-state index contributed by atoms with van der Waals surface area (Å²) in [5, 5.41) is 21.3. The number of ether oxygens (including phenoxy) is 2. The first kappa shape index (κ1) is 22.2. The number of benzene rings is 2. The fourth-order valence-corrected chi connectivity index (χ4v) is 3.90. The molecule has 7 heteroatoms. The number of unbranched alkanes of at least 4 members (excludes halogenated alkanes) is 2. The molecule has 164 valence electrons. The molecule has 1 saturated heterocycles. The molecule has 0 spiro atoms. The summed E-state index contributed by atoms with van der Waals surface area (Å²) in [6.07, 6.45) is 2.58. The molecule has 2 aromatic carbocycles. The van der Waals surface area contributed by atoms with Crippen LogP contribution in [-0.4, -0.2) is 47.6 Å². The van der Waals surface area contributed by atoms with Crippen LogP contribution in [-0.2, 0) is 9.59 Å². The van der Waals surface area contributed by atoms with Gasteiger partial charge in [0, 0.05) is 6.54 Å². The van der Waals surface area contributed by atoms with E-state index in [0.717, 1.165) is 19.3 Å². The molecule has 1 fully saturated rings. The zero-order valence-corrected chi connectivity index (χ0v) is 17.9. The summed E-state index contributed by atoms with van der Waals surface area (Å²) in [6, 6.07) is 10.5. The van der Waals surface area contributed by atoms with Crippen LogP contribution in [0.25, 0.3) is 5.76 Å². The summed E-state index contributed by atoms with van der Waals surface area (Å²) in [5.41, 5.74) is 0.672. The number of carbonyl (C=O) groups excluding carboxylic acids is 2. The Hall–Kier alpha value is -3.48. The molecule has 1 heterocycles. The van der Waals surface area contributed by atoms with Crippen molar-refractivity contribution in [1.82, 2.24) is 4.90 Å². The Morgan fingerprint density at radius 3 is 2.26 bits per heavy atom. The van der Waals surface area contributed by atoms with Gasteiger partial charge in [0.05, 0.1) is 25.8 Å². The Bertz CT molecular complexity index is 991. The van der Waals surface area contributed by atoms with Crippen molar-refractivity contribution >= 4 is 17.4 Å². The van der Waals surface area contributed by atoms with Gasteiger partial charge in [-0.3, -0.25) is 9.59 Å². The molecular weight excluding hydrogens is 398 g/mol. The zero-order valence-electron chi connectivity index (χ0n) is 17.9. The average Bonchev–Trinajstić information content (AvgIpc) is 3.03. The molecule has 1 aliphatic rings. The Labute approximate surface area is 181 Å². The number of hydrogen-bond donors (Lipinski definition) is 2. The average molecular weight is 425 g/mol. The molecule has 1 atom stereocenters. The van der Waals surface area contributed by atoms with Gasteiger partial charge in [-0.15, -0.1) is 0 Å². The number of ketones is 1. The Balaban J connectivity index is 2.23. The molecule has 7 nitrogen and oxygen atoms in total. The second-order valence-corrected chi connectivity index (χ2v) is 7.33. The van der Waals surface area contributed by atoms with E-state index in [1.807, 2.05) is 0 Å². The summed E-state index contributed by atoms with van der Waals surface area (Å²) < 4.78 is 10.7. The highest BCUT2D eigenvalue weighted by Gasteiger charge is 2.46. The lowest BCUT2D eigenvalue weighted by molar-refractivity contribution is -0.139. The van der Waals surface area contributed by atoms with E-state index in [9.17, 15) is 19.8 Å². The molecule has 0 aromatic heterocycles. The third-order valence-electron chi connectivity index (χ3n) is 5.39. The van der Waals surface area contributed by atoms with Crippen LogP contribution in [0.2, 0.25) is 0 Å². The molecular formula is C24H27NO6. The molecule has 0 saturated carbocycles. The highest BCUT2D eigenvalue weighted by Crippen LogP contribution is 2.43. The van der Waals surface area contributed by atoms with Crippen LogP contribution in [0.1, 0.15) is 43.4 Å². The topological polar surface area (TPSA) is 96.3 Å². The Kier molecular flexibility index (Phi) is 6.84. The van der Waals surface area contributed by atoms with Crippen molar-refractivity contribution in [1.29, 1.82) is 0 Å². The number of aliphatic hydroxyl groups is 1. The van der Waals surface area contributed by atoms with Crippen LogP contribution in [0, 0.1) is 0 Å². The fraction of sp³-hybridized carbons (Fsp3) is 0.333. The van der Waals surface area contributed by atoms with E-state index in [2.05, 4.69) is 6.92 Å². The van der Waals surface area contributed by atoms with Crippen LogP contribution >= 0.6 is 0 Å². The van der Waals surface area contributed by atoms with Gasteiger partial charge in [0.2, 0.25) is 0 Å². The summed E-state index contributed by atoms with van der Waals surface area (Å²) in [5.74, 6) is -1.21. The van der Waals surface area contributed by atoms with Crippen LogP contribution in [0.15, 0.2) is 48.0 Å². The number of amides is 1. The fourth-order valence-electron chi connectivity index (χ4n) is 3.90. The second-order valence-electron chi connectivity index (χ2n) is 7.33. The standard InChI is InChI=1S/C24H27NO6/c1-4-5-6-13-25-21(15-9-7-10-16(26)14-15)20(23(28)24(25)29)22(27)19-17(30-2)11-8-12-18(19)31-3/h7-12,14,21,26-27H,4-6,13H2,1-3H3/b22-20+. The molecule has 0 bridgehead atoms. The number of methoxy groups -OCH3 is 2. The van der Waals surface area contributed by atoms with Crippen molar-refractivity contribution in [3.05, 3.63) is 59.2 Å². The van der Waals surface area contributed by atoms with Gasteiger partial charge >= 0.3 is 0 Å². The number of nitrogens with zero attached hydrogens (tertiary/aromatic N) is 1. The largest absolute Gasteiger partial charge is 0.508 e. The molecule has 0 aliphatic carbocycles. The first-order valence-corrected chi connectivity index (χ1v) is 10.2. The number of carbonyl (C=O) groups is 2. The van der Waals surface area contributed by atoms with Crippen molar-refractivity contribution in [3.63, 3.8) is 0 Å². The number of Topliss-reactive ketones (excluding diaryl/α,β-unsaturated/α-hetero) is 1. The smallest absolute Gasteiger partial charge is 0.295 e. The number of rotatable bonds is 8. The van der Waals surface area contributed by atoms with E-state index in [1.54, 1.807) is 30.3 Å². The van der Waals surface area contributed by atoms with E-state index < -0.39 is 17.7 Å². The van der Waals surface area contributed by atoms with Gasteiger partial charge < -0.3 is 24.6 Å². The second kappa shape index (κ2) is 9.55. The first-order valence-electron chi connectivity index (χ1n) is 10.2. The lowest BCUT2D eigenvalue weighted by Gasteiger charge is -2.25. The summed E-state index contributed by atoms with van der Waals surface area (Å²) in [6.45, 7) is 2.41. The van der Waals surface area contributed by atoms with Gasteiger partial charge in [-0.25, -0.2) is 0 Å². The number of phenols is 1. The normalized spacial score (nSPS) is 17.8. The number of hydrogen-bond acceptors (Lipinski definition) is 6. The highest BCUT2D eigenvalue weighted by molar-refractivity contribution is 6.46. The molecule has 1 unspecified atom stereocenters. The maximum Gasteiger partial charge on any atom is 0.295 e. The maximum atomic E-state index is 13.1. The van der Waals surface area contributed by atoms with Crippen molar-refractivity contribution < 1.29 is 29.3 Å². The number of phenolic OH excluding ortho intramolecular Hbond substituents is 1. The molecule has 1 aliphatic heterocycles. The monoisotopic (exact) mass is 425 g/mol. The molecule has 2 N–H and O–H groups in total. The first-order chi connectivity index (χ1) is 14.9. The summed E-state index contributed by atoms with van der Waals surface area (Å²) in [7, 11) is 2.89. The van der Waals surface area contributed by atoms with Crippen LogP contribution in [0.3, 0.4) is 0 Å². The number of aromatic hydroxyl groups is 1. The third-order valence-corrected chi connectivity index (χ3v) is 5.39. The van der Waals surface area contributed by atoms with Crippen molar-refractivity contribution in [3.8, 4) is 17.2 Å². The van der Waals surface area contributed by atoms with Crippen LogP contribution in [0.5, 0.6) is 17.2 Å². The highest BCUT2D eigenvalue weighted by atomic mass is 16.5. The minimum atomic E-state index is -0.835. The van der Waals surface area contributed by atoms with Gasteiger partial charge in [-0.2, -0.15) is 0 Å². The summed E-state index contributed by atoms with van der Waals surface area (Å²) in [4.78, 5) is 27.5. The SMILES string of the molecule is CCCCCN1C(=O)C(=O)/C(=C(/O)c2c(OC)cccc2OC)C1c1cccc(O)c1. The predicted octanol–water partition coefficient (Wildman–Crippen LogP) is 4.02. The van der Waals surface area contributed by atoms with Gasteiger partial charge in [0.25, 0.3) is 11.7 Å². The minimum absolute atomic E-state index is 0.00604. The van der Waals surface area contributed by atoms with Gasteiger partial charge in [0.1, 0.15) is 28.6 Å². The lowest BCUT2D eigenvalue weighted by atomic mass is 9.94. The zero-order chi connectivity index (χ0) is 22.5. The van der Waals surface area contributed by atoms with Gasteiger partial charge in [-0.05, 0) is 36.2 Å². The quantitative estimate of drug-likeness (QED) is 0.287. The van der Waals surface area contributed by atoms with E-state index >= 15 is 0 Å². The van der Waals surface area contributed by atoms with E-state index in [-0.39, 0.29) is 22.6 Å². The minimum Gasteiger partial charge on any atom is -0.508 e. The number of likely N-dealkylation sites (tertiary alicyclic amines) is 1. The molecule has 1 amide bonds. The Morgan fingerprint density at radius 1 is 1.03 bits per heavy atom.